The molecule has 0 amide bonds. The lowest BCUT2D eigenvalue weighted by Gasteiger charge is -2.24. The molecule has 3 aromatic rings. The molecule has 2 aromatic carbocycles. The Morgan fingerprint density at radius 2 is 1.97 bits per heavy atom. The minimum atomic E-state index is -3.93. The molecule has 1 atom stereocenters. The van der Waals surface area contributed by atoms with Gasteiger partial charge in [0, 0.05) is 17.0 Å². The lowest BCUT2D eigenvalue weighted by molar-refractivity contribution is 0.0695. The minimum Gasteiger partial charge on any atom is -0.505 e. The summed E-state index contributed by atoms with van der Waals surface area (Å²) in [6.45, 7) is 0.754. The fourth-order valence-electron chi connectivity index (χ4n) is 3.34. The number of nitrogens with one attached hydrogen (secondary N) is 2. The van der Waals surface area contributed by atoms with E-state index in [0.717, 1.165) is 0 Å². The van der Waals surface area contributed by atoms with Crippen molar-refractivity contribution in [1.29, 1.82) is 0 Å². The van der Waals surface area contributed by atoms with E-state index < -0.39 is 32.5 Å². The summed E-state index contributed by atoms with van der Waals surface area (Å²) in [5, 5.41) is 25.0. The quantitative estimate of drug-likeness (QED) is 0.417. The van der Waals surface area contributed by atoms with Crippen LogP contribution >= 0.6 is 23.2 Å². The SMILES string of the molecule is O=C(O)c1c(Nc2cc(S(=O)(=O)C3COCCN3)nc3ccc(Cl)cc23)ccc(Cl)c1O. The Kier molecular flexibility index (Phi) is 6.15. The fraction of sp³-hybridized carbons (Fsp3) is 0.200. The molecule has 9 nitrogen and oxygen atoms in total. The summed E-state index contributed by atoms with van der Waals surface area (Å²) in [6, 6.07) is 8.68. The number of carboxylic acid groups (broad SMARTS) is 1. The Balaban J connectivity index is 1.89. The molecule has 1 aliphatic rings. The number of aromatic carboxylic acids is 1. The second-order valence-electron chi connectivity index (χ2n) is 6.98. The molecule has 0 radical (unpaired) electrons. The van der Waals surface area contributed by atoms with Crippen LogP contribution in [0.2, 0.25) is 10.0 Å². The van der Waals surface area contributed by atoms with Crippen LogP contribution in [-0.4, -0.2) is 54.7 Å². The van der Waals surface area contributed by atoms with Crippen molar-refractivity contribution >= 4 is 61.3 Å². The highest BCUT2D eigenvalue weighted by atomic mass is 35.5. The first-order valence-corrected chi connectivity index (χ1v) is 11.7. The van der Waals surface area contributed by atoms with E-state index >= 15 is 0 Å². The van der Waals surface area contributed by atoms with Gasteiger partial charge in [-0.1, -0.05) is 23.2 Å². The van der Waals surface area contributed by atoms with Crippen LogP contribution in [0.1, 0.15) is 10.4 Å². The molecule has 1 saturated heterocycles. The highest BCUT2D eigenvalue weighted by molar-refractivity contribution is 7.92. The molecule has 0 saturated carbocycles. The number of benzene rings is 2. The van der Waals surface area contributed by atoms with Crippen LogP contribution in [-0.2, 0) is 14.6 Å². The Labute approximate surface area is 192 Å². The van der Waals surface area contributed by atoms with E-state index in [2.05, 4.69) is 15.6 Å². The van der Waals surface area contributed by atoms with E-state index in [1.807, 2.05) is 0 Å². The first-order chi connectivity index (χ1) is 15.2. The molecule has 4 rings (SSSR count). The smallest absolute Gasteiger partial charge is 0.341 e. The molecule has 0 bridgehead atoms. The van der Waals surface area contributed by atoms with Crippen LogP contribution in [0.5, 0.6) is 5.75 Å². The predicted octanol–water partition coefficient (Wildman–Crippen LogP) is 3.41. The molecule has 4 N–H and O–H groups in total. The van der Waals surface area contributed by atoms with Gasteiger partial charge in [-0.25, -0.2) is 18.2 Å². The molecule has 2 heterocycles. The van der Waals surface area contributed by atoms with Gasteiger partial charge in [0.05, 0.1) is 35.1 Å². The van der Waals surface area contributed by atoms with Crippen LogP contribution in [0.15, 0.2) is 41.4 Å². The molecule has 0 spiro atoms. The third kappa shape index (κ3) is 4.19. The van der Waals surface area contributed by atoms with Gasteiger partial charge in [-0.15, -0.1) is 0 Å². The van der Waals surface area contributed by atoms with E-state index in [1.54, 1.807) is 18.2 Å². The number of fused-ring (bicyclic) bond motifs is 1. The van der Waals surface area contributed by atoms with Crippen LogP contribution in [0.3, 0.4) is 0 Å². The maximum atomic E-state index is 13.2. The summed E-state index contributed by atoms with van der Waals surface area (Å²) < 4.78 is 31.6. The third-order valence-corrected chi connectivity index (χ3v) is 7.30. The maximum absolute atomic E-state index is 13.2. The number of carboxylic acids is 1. The van der Waals surface area contributed by atoms with Gasteiger partial charge >= 0.3 is 5.97 Å². The number of halogens is 2. The van der Waals surface area contributed by atoms with Crippen molar-refractivity contribution in [2.45, 2.75) is 10.4 Å². The number of ether oxygens (including phenoxy) is 1. The summed E-state index contributed by atoms with van der Waals surface area (Å²) in [5.41, 5.74) is 0.104. The molecular weight excluding hydrogens is 481 g/mol. The van der Waals surface area contributed by atoms with Gasteiger partial charge in [0.15, 0.2) is 10.8 Å². The zero-order valence-corrected chi connectivity index (χ0v) is 18.6. The van der Waals surface area contributed by atoms with Crippen molar-refractivity contribution < 1.29 is 28.2 Å². The zero-order chi connectivity index (χ0) is 23.0. The van der Waals surface area contributed by atoms with E-state index in [1.165, 1.54) is 18.2 Å². The summed E-state index contributed by atoms with van der Waals surface area (Å²) in [7, 11) is -3.93. The number of hydrogen-bond acceptors (Lipinski definition) is 8. The molecular formula is C20H17Cl2N3O6S. The summed E-state index contributed by atoms with van der Waals surface area (Å²) in [4.78, 5) is 16.0. The molecule has 0 aliphatic carbocycles. The molecule has 12 heteroatoms. The van der Waals surface area contributed by atoms with Crippen molar-refractivity contribution in [2.75, 3.05) is 25.1 Å². The number of aromatic nitrogens is 1. The first kappa shape index (κ1) is 22.6. The number of rotatable bonds is 5. The van der Waals surface area contributed by atoms with Crippen LogP contribution < -0.4 is 10.6 Å². The summed E-state index contributed by atoms with van der Waals surface area (Å²) in [5.74, 6) is -2.03. The zero-order valence-electron chi connectivity index (χ0n) is 16.3. The Bertz CT molecular complexity index is 1330. The van der Waals surface area contributed by atoms with Gasteiger partial charge in [-0.05, 0) is 36.4 Å². The number of phenols is 1. The second kappa shape index (κ2) is 8.72. The van der Waals surface area contributed by atoms with E-state index in [0.29, 0.717) is 29.1 Å². The van der Waals surface area contributed by atoms with Crippen LogP contribution in [0.4, 0.5) is 11.4 Å². The van der Waals surface area contributed by atoms with Crippen molar-refractivity contribution in [3.8, 4) is 5.75 Å². The van der Waals surface area contributed by atoms with Crippen molar-refractivity contribution in [3.05, 3.63) is 52.0 Å². The largest absolute Gasteiger partial charge is 0.505 e. The molecule has 1 aromatic heterocycles. The summed E-state index contributed by atoms with van der Waals surface area (Å²) in [6.07, 6.45) is 0. The Morgan fingerprint density at radius 1 is 1.19 bits per heavy atom. The molecule has 1 unspecified atom stereocenters. The van der Waals surface area contributed by atoms with Gasteiger partial charge in [-0.2, -0.15) is 0 Å². The first-order valence-electron chi connectivity index (χ1n) is 9.35. The van der Waals surface area contributed by atoms with Crippen molar-refractivity contribution in [3.63, 3.8) is 0 Å². The molecule has 32 heavy (non-hydrogen) atoms. The molecule has 168 valence electrons. The number of hydrogen-bond donors (Lipinski definition) is 4. The number of carbonyl (C=O) groups is 1. The van der Waals surface area contributed by atoms with Gasteiger partial charge < -0.3 is 20.3 Å². The van der Waals surface area contributed by atoms with Gasteiger partial charge in [-0.3, -0.25) is 5.32 Å². The van der Waals surface area contributed by atoms with Gasteiger partial charge in [0.1, 0.15) is 10.9 Å². The highest BCUT2D eigenvalue weighted by Crippen LogP contribution is 2.37. The van der Waals surface area contributed by atoms with Crippen LogP contribution in [0.25, 0.3) is 10.9 Å². The number of pyridine rings is 1. The minimum absolute atomic E-state index is 0.00866. The standard InChI is InChI=1S/C20H17Cl2N3O6S/c21-10-1-3-13-11(7-10)15(24-14-4-2-12(22)19(26)18(14)20(27)28)8-16(25-13)32(29,30)17-9-31-6-5-23-17/h1-4,7-8,17,23,26H,5-6,9H2,(H,24,25)(H,27,28). The number of nitrogens with zero attached hydrogens (tertiary/aromatic N) is 1. The highest BCUT2D eigenvalue weighted by Gasteiger charge is 2.31. The lowest BCUT2D eigenvalue weighted by Crippen LogP contribution is -2.46. The van der Waals surface area contributed by atoms with E-state index in [9.17, 15) is 23.4 Å². The Hall–Kier alpha value is -2.63. The van der Waals surface area contributed by atoms with Gasteiger partial charge in [0.2, 0.25) is 9.84 Å². The average Bonchev–Trinajstić information content (AvgIpc) is 2.76. The number of aromatic hydroxyl groups is 1. The number of sulfone groups is 1. The monoisotopic (exact) mass is 497 g/mol. The average molecular weight is 498 g/mol. The third-order valence-electron chi connectivity index (χ3n) is 4.91. The fourth-order valence-corrected chi connectivity index (χ4v) is 5.08. The van der Waals surface area contributed by atoms with Crippen molar-refractivity contribution in [2.24, 2.45) is 0 Å². The van der Waals surface area contributed by atoms with E-state index in [4.69, 9.17) is 27.9 Å². The maximum Gasteiger partial charge on any atom is 0.341 e. The second-order valence-corrected chi connectivity index (χ2v) is 9.90. The van der Waals surface area contributed by atoms with E-state index in [-0.39, 0.29) is 28.0 Å². The Morgan fingerprint density at radius 3 is 2.66 bits per heavy atom. The number of morpholine rings is 1. The van der Waals surface area contributed by atoms with Crippen molar-refractivity contribution in [1.82, 2.24) is 10.3 Å². The topological polar surface area (TPSA) is 138 Å². The molecule has 1 aliphatic heterocycles. The van der Waals surface area contributed by atoms with Gasteiger partial charge in [0.25, 0.3) is 0 Å². The number of anilines is 2. The normalized spacial score (nSPS) is 16.8. The lowest BCUT2D eigenvalue weighted by atomic mass is 10.1. The van der Waals surface area contributed by atoms with Crippen LogP contribution in [0, 0.1) is 0 Å². The summed E-state index contributed by atoms with van der Waals surface area (Å²) >= 11 is 12.0. The predicted molar refractivity (Wildman–Crippen MR) is 120 cm³/mol. The molecule has 1 fully saturated rings.